The molecule has 158 valence electrons. The Hall–Kier alpha value is -2.73. The van der Waals surface area contributed by atoms with Crippen LogP contribution in [0.5, 0.6) is 0 Å². The number of hydrogen-bond acceptors (Lipinski definition) is 3. The van der Waals surface area contributed by atoms with Gasteiger partial charge < -0.3 is 9.80 Å². The number of nitrogens with one attached hydrogen (secondary N) is 1. The van der Waals surface area contributed by atoms with Gasteiger partial charge in [-0.3, -0.25) is 14.9 Å². The molecule has 2 aliphatic rings. The van der Waals surface area contributed by atoms with Gasteiger partial charge in [0.15, 0.2) is 0 Å². The molecule has 2 aliphatic heterocycles. The molecule has 1 atom stereocenters. The lowest BCUT2D eigenvalue weighted by molar-refractivity contribution is -0.134. The van der Waals surface area contributed by atoms with Crippen LogP contribution in [0.4, 0.5) is 4.39 Å². The minimum absolute atomic E-state index is 0.0280. The standard InChI is InChI=1S/C24H28FN3O2/c1-17(2)21-23(30)28(16-18-8-10-20(25)11-9-18)24(26-21)12-14-27(15-13-24)22(29)19-6-4-3-5-7-19/h3-11,17,21,26H,12-16H2,1-2H3/t21-/m1/s1. The number of nitrogens with zero attached hydrogens (tertiary/aromatic N) is 2. The maximum atomic E-state index is 13.3. The number of likely N-dealkylation sites (tertiary alicyclic amines) is 1. The predicted octanol–water partition coefficient (Wildman–Crippen LogP) is 3.41. The zero-order valence-electron chi connectivity index (χ0n) is 17.5. The molecule has 0 saturated carbocycles. The van der Waals surface area contributed by atoms with E-state index in [2.05, 4.69) is 5.32 Å². The molecule has 2 aromatic carbocycles. The maximum absolute atomic E-state index is 13.3. The molecule has 0 aromatic heterocycles. The Balaban J connectivity index is 1.53. The Morgan fingerprint density at radius 2 is 1.73 bits per heavy atom. The fourth-order valence-electron chi connectivity index (χ4n) is 4.52. The summed E-state index contributed by atoms with van der Waals surface area (Å²) in [6, 6.07) is 15.4. The van der Waals surface area contributed by atoms with Crippen molar-refractivity contribution in [3.63, 3.8) is 0 Å². The Labute approximate surface area is 176 Å². The second-order valence-corrected chi connectivity index (χ2v) is 8.61. The molecule has 2 aromatic rings. The first-order valence-corrected chi connectivity index (χ1v) is 10.6. The summed E-state index contributed by atoms with van der Waals surface area (Å²) in [5.41, 5.74) is 1.11. The minimum atomic E-state index is -0.478. The summed E-state index contributed by atoms with van der Waals surface area (Å²) in [5.74, 6) is -0.0128. The van der Waals surface area contributed by atoms with Crippen LogP contribution in [0.1, 0.15) is 42.6 Å². The molecule has 6 heteroatoms. The smallest absolute Gasteiger partial charge is 0.253 e. The summed E-state index contributed by atoms with van der Waals surface area (Å²) in [4.78, 5) is 29.8. The van der Waals surface area contributed by atoms with E-state index in [1.54, 1.807) is 12.1 Å². The van der Waals surface area contributed by atoms with Gasteiger partial charge in [-0.05, 0) is 35.7 Å². The molecule has 2 saturated heterocycles. The highest BCUT2D eigenvalue weighted by atomic mass is 19.1. The van der Waals surface area contributed by atoms with Crippen molar-refractivity contribution < 1.29 is 14.0 Å². The van der Waals surface area contributed by atoms with Gasteiger partial charge in [-0.25, -0.2) is 4.39 Å². The van der Waals surface area contributed by atoms with Crippen molar-refractivity contribution in [1.29, 1.82) is 0 Å². The molecule has 1 spiro atoms. The Morgan fingerprint density at radius 3 is 2.33 bits per heavy atom. The van der Waals surface area contributed by atoms with Gasteiger partial charge >= 0.3 is 0 Å². The topological polar surface area (TPSA) is 52.7 Å². The van der Waals surface area contributed by atoms with Crippen molar-refractivity contribution in [1.82, 2.24) is 15.1 Å². The van der Waals surface area contributed by atoms with Crippen molar-refractivity contribution in [3.05, 3.63) is 71.5 Å². The summed E-state index contributed by atoms with van der Waals surface area (Å²) in [7, 11) is 0. The van der Waals surface area contributed by atoms with E-state index in [0.717, 1.165) is 5.56 Å². The van der Waals surface area contributed by atoms with Crippen LogP contribution in [0.2, 0.25) is 0 Å². The van der Waals surface area contributed by atoms with E-state index < -0.39 is 5.66 Å². The molecule has 2 amide bonds. The van der Waals surface area contributed by atoms with Crippen molar-refractivity contribution in [2.75, 3.05) is 13.1 Å². The molecule has 2 fully saturated rings. The summed E-state index contributed by atoms with van der Waals surface area (Å²) in [5, 5.41) is 3.60. The molecule has 5 nitrogen and oxygen atoms in total. The number of carbonyl (C=O) groups excluding carboxylic acids is 2. The molecule has 30 heavy (non-hydrogen) atoms. The van der Waals surface area contributed by atoms with E-state index in [-0.39, 0.29) is 29.6 Å². The summed E-state index contributed by atoms with van der Waals surface area (Å²) in [6.45, 7) is 5.68. The fraction of sp³-hybridized carbons (Fsp3) is 0.417. The van der Waals surface area contributed by atoms with Gasteiger partial charge in [-0.1, -0.05) is 44.2 Å². The summed E-state index contributed by atoms with van der Waals surface area (Å²) in [6.07, 6.45) is 1.34. The lowest BCUT2D eigenvalue weighted by atomic mass is 9.94. The van der Waals surface area contributed by atoms with Crippen LogP contribution in [0.3, 0.4) is 0 Å². The third-order valence-electron chi connectivity index (χ3n) is 6.29. The second-order valence-electron chi connectivity index (χ2n) is 8.61. The van der Waals surface area contributed by atoms with Gasteiger partial charge in [0.05, 0.1) is 11.7 Å². The van der Waals surface area contributed by atoms with Crippen LogP contribution in [0, 0.1) is 11.7 Å². The van der Waals surface area contributed by atoms with E-state index in [1.165, 1.54) is 12.1 Å². The third-order valence-corrected chi connectivity index (χ3v) is 6.29. The van der Waals surface area contributed by atoms with Crippen molar-refractivity contribution in [2.24, 2.45) is 5.92 Å². The predicted molar refractivity (Wildman–Crippen MR) is 113 cm³/mol. The van der Waals surface area contributed by atoms with Gasteiger partial charge in [0.25, 0.3) is 5.91 Å². The Kier molecular flexibility index (Phi) is 5.60. The van der Waals surface area contributed by atoms with Crippen molar-refractivity contribution in [3.8, 4) is 0 Å². The number of piperidine rings is 1. The van der Waals surface area contributed by atoms with Crippen molar-refractivity contribution in [2.45, 2.75) is 44.9 Å². The SMILES string of the molecule is CC(C)[C@H]1NC2(CCN(C(=O)c3ccccc3)CC2)N(Cc2ccc(F)cc2)C1=O. The van der Waals surface area contributed by atoms with E-state index in [0.29, 0.717) is 38.0 Å². The molecule has 2 heterocycles. The third kappa shape index (κ3) is 3.84. The highest BCUT2D eigenvalue weighted by Crippen LogP contribution is 2.35. The zero-order valence-corrected chi connectivity index (χ0v) is 17.5. The molecule has 4 rings (SSSR count). The largest absolute Gasteiger partial charge is 0.338 e. The van der Waals surface area contributed by atoms with Gasteiger partial charge in [0.1, 0.15) is 5.82 Å². The molecular weight excluding hydrogens is 381 g/mol. The maximum Gasteiger partial charge on any atom is 0.253 e. The second kappa shape index (κ2) is 8.19. The number of carbonyl (C=O) groups is 2. The van der Waals surface area contributed by atoms with Crippen LogP contribution >= 0.6 is 0 Å². The van der Waals surface area contributed by atoms with Gasteiger partial charge in [0, 0.05) is 38.0 Å². The molecule has 0 unspecified atom stereocenters. The molecular formula is C24H28FN3O2. The highest BCUT2D eigenvalue weighted by molar-refractivity contribution is 5.94. The Bertz CT molecular complexity index is 906. The minimum Gasteiger partial charge on any atom is -0.338 e. The number of benzene rings is 2. The first-order valence-electron chi connectivity index (χ1n) is 10.6. The van der Waals surface area contributed by atoms with Gasteiger partial charge in [-0.15, -0.1) is 0 Å². The number of rotatable bonds is 4. The molecule has 0 radical (unpaired) electrons. The molecule has 1 N–H and O–H groups in total. The van der Waals surface area contributed by atoms with E-state index in [4.69, 9.17) is 0 Å². The number of halogens is 1. The average Bonchev–Trinajstić information content (AvgIpc) is 3.02. The van der Waals surface area contributed by atoms with E-state index in [9.17, 15) is 14.0 Å². The number of amides is 2. The fourth-order valence-corrected chi connectivity index (χ4v) is 4.52. The number of hydrogen-bond donors (Lipinski definition) is 1. The van der Waals surface area contributed by atoms with Gasteiger partial charge in [-0.2, -0.15) is 0 Å². The Morgan fingerprint density at radius 1 is 1.10 bits per heavy atom. The van der Waals surface area contributed by atoms with Crippen LogP contribution in [-0.2, 0) is 11.3 Å². The van der Waals surface area contributed by atoms with E-state index in [1.807, 2.05) is 54.0 Å². The first-order chi connectivity index (χ1) is 14.4. The molecule has 0 bridgehead atoms. The zero-order chi connectivity index (χ0) is 21.3. The van der Waals surface area contributed by atoms with Crippen LogP contribution in [0.15, 0.2) is 54.6 Å². The van der Waals surface area contributed by atoms with Crippen LogP contribution in [-0.4, -0.2) is 46.4 Å². The molecule has 0 aliphatic carbocycles. The monoisotopic (exact) mass is 409 g/mol. The van der Waals surface area contributed by atoms with Crippen LogP contribution < -0.4 is 5.32 Å². The van der Waals surface area contributed by atoms with E-state index >= 15 is 0 Å². The summed E-state index contributed by atoms with van der Waals surface area (Å²) >= 11 is 0. The van der Waals surface area contributed by atoms with Crippen LogP contribution in [0.25, 0.3) is 0 Å². The lowest BCUT2D eigenvalue weighted by Gasteiger charge is -2.44. The lowest BCUT2D eigenvalue weighted by Crippen LogP contribution is -2.59. The van der Waals surface area contributed by atoms with Crippen molar-refractivity contribution >= 4 is 11.8 Å². The van der Waals surface area contributed by atoms with Gasteiger partial charge in [0.2, 0.25) is 5.91 Å². The first kappa shape index (κ1) is 20.5. The highest BCUT2D eigenvalue weighted by Gasteiger charge is 2.52. The summed E-state index contributed by atoms with van der Waals surface area (Å²) < 4.78 is 13.3. The normalized spacial score (nSPS) is 20.9. The average molecular weight is 410 g/mol. The quantitative estimate of drug-likeness (QED) is 0.842.